The first-order valence-corrected chi connectivity index (χ1v) is 8.87. The molecule has 152 valence electrons. The van der Waals surface area contributed by atoms with Gasteiger partial charge in [-0.3, -0.25) is 9.69 Å². The van der Waals surface area contributed by atoms with E-state index in [1.807, 2.05) is 0 Å². The van der Waals surface area contributed by atoms with E-state index in [4.69, 9.17) is 0 Å². The SMILES string of the molecule is O=C(C#Cc1ccc(F)cc1)N1CCN(Cc2ccc(F)cc2C(F)(F)F)CC1. The largest absolute Gasteiger partial charge is 0.416 e. The second kappa shape index (κ2) is 8.62. The summed E-state index contributed by atoms with van der Waals surface area (Å²) in [6.07, 6.45) is -4.63. The summed E-state index contributed by atoms with van der Waals surface area (Å²) >= 11 is 0. The molecule has 0 bridgehead atoms. The lowest BCUT2D eigenvalue weighted by molar-refractivity contribution is -0.138. The Morgan fingerprint density at radius 2 is 1.55 bits per heavy atom. The zero-order valence-corrected chi connectivity index (χ0v) is 15.3. The molecule has 0 aliphatic carbocycles. The highest BCUT2D eigenvalue weighted by molar-refractivity contribution is 5.94. The first kappa shape index (κ1) is 20.8. The van der Waals surface area contributed by atoms with Crippen LogP contribution in [0.5, 0.6) is 0 Å². The Hall–Kier alpha value is -2.92. The van der Waals surface area contributed by atoms with Crippen LogP contribution in [0.25, 0.3) is 0 Å². The Labute approximate surface area is 164 Å². The van der Waals surface area contributed by atoms with Crippen molar-refractivity contribution in [2.24, 2.45) is 0 Å². The van der Waals surface area contributed by atoms with Crippen LogP contribution < -0.4 is 0 Å². The van der Waals surface area contributed by atoms with Gasteiger partial charge in [-0.15, -0.1) is 0 Å². The van der Waals surface area contributed by atoms with Crippen LogP contribution >= 0.6 is 0 Å². The third kappa shape index (κ3) is 5.55. The molecule has 8 heteroatoms. The number of halogens is 5. The molecule has 1 aliphatic rings. The highest BCUT2D eigenvalue weighted by Crippen LogP contribution is 2.33. The lowest BCUT2D eigenvalue weighted by Crippen LogP contribution is -2.48. The lowest BCUT2D eigenvalue weighted by atomic mass is 10.1. The fraction of sp³-hybridized carbons (Fsp3) is 0.286. The minimum atomic E-state index is -4.63. The van der Waals surface area contributed by atoms with Crippen LogP contribution in [0, 0.1) is 23.5 Å². The molecule has 2 aromatic carbocycles. The van der Waals surface area contributed by atoms with Crippen molar-refractivity contribution in [1.29, 1.82) is 0 Å². The van der Waals surface area contributed by atoms with E-state index >= 15 is 0 Å². The van der Waals surface area contributed by atoms with Gasteiger partial charge in [-0.05, 0) is 42.0 Å². The van der Waals surface area contributed by atoms with E-state index in [2.05, 4.69) is 11.8 Å². The van der Waals surface area contributed by atoms with Gasteiger partial charge >= 0.3 is 6.18 Å². The summed E-state index contributed by atoms with van der Waals surface area (Å²) in [6.45, 7) is 1.40. The zero-order chi connectivity index (χ0) is 21.0. The summed E-state index contributed by atoms with van der Waals surface area (Å²) in [5.41, 5.74) is -0.481. The Kier molecular flexibility index (Phi) is 6.18. The number of hydrogen-bond donors (Lipinski definition) is 0. The maximum absolute atomic E-state index is 13.2. The van der Waals surface area contributed by atoms with Crippen LogP contribution in [-0.2, 0) is 17.5 Å². The van der Waals surface area contributed by atoms with Gasteiger partial charge in [-0.1, -0.05) is 12.0 Å². The number of carbonyl (C=O) groups is 1. The molecule has 3 rings (SSSR count). The van der Waals surface area contributed by atoms with Crippen molar-refractivity contribution in [2.45, 2.75) is 12.7 Å². The van der Waals surface area contributed by atoms with Gasteiger partial charge in [-0.2, -0.15) is 13.2 Å². The Morgan fingerprint density at radius 1 is 0.931 bits per heavy atom. The summed E-state index contributed by atoms with van der Waals surface area (Å²) in [5, 5.41) is 0. The maximum Gasteiger partial charge on any atom is 0.416 e. The molecule has 2 aromatic rings. The quantitative estimate of drug-likeness (QED) is 0.559. The number of benzene rings is 2. The minimum absolute atomic E-state index is 0.00484. The molecule has 1 saturated heterocycles. The third-order valence-corrected chi connectivity index (χ3v) is 4.59. The summed E-state index contributed by atoms with van der Waals surface area (Å²) in [7, 11) is 0. The smallest absolute Gasteiger partial charge is 0.329 e. The van der Waals surface area contributed by atoms with Crippen molar-refractivity contribution in [3.63, 3.8) is 0 Å². The number of piperazine rings is 1. The molecule has 29 heavy (non-hydrogen) atoms. The molecule has 0 radical (unpaired) electrons. The lowest BCUT2D eigenvalue weighted by Gasteiger charge is -2.34. The van der Waals surface area contributed by atoms with Gasteiger partial charge in [0.05, 0.1) is 5.56 Å². The van der Waals surface area contributed by atoms with Crippen molar-refractivity contribution >= 4 is 5.91 Å². The van der Waals surface area contributed by atoms with Crippen LogP contribution in [0.1, 0.15) is 16.7 Å². The van der Waals surface area contributed by atoms with Crippen molar-refractivity contribution < 1.29 is 26.7 Å². The van der Waals surface area contributed by atoms with Gasteiger partial charge in [0.25, 0.3) is 5.91 Å². The van der Waals surface area contributed by atoms with Crippen LogP contribution in [0.3, 0.4) is 0 Å². The fourth-order valence-electron chi connectivity index (χ4n) is 3.04. The van der Waals surface area contributed by atoms with Gasteiger partial charge in [0.1, 0.15) is 11.6 Å². The van der Waals surface area contributed by atoms with Gasteiger partial charge < -0.3 is 4.90 Å². The molecule has 3 nitrogen and oxygen atoms in total. The zero-order valence-electron chi connectivity index (χ0n) is 15.3. The molecule has 0 saturated carbocycles. The van der Waals surface area contributed by atoms with E-state index in [0.29, 0.717) is 37.8 Å². The first-order valence-electron chi connectivity index (χ1n) is 8.87. The predicted molar refractivity (Wildman–Crippen MR) is 96.5 cm³/mol. The number of amides is 1. The average Bonchev–Trinajstić information content (AvgIpc) is 2.68. The Bertz CT molecular complexity index is 936. The van der Waals surface area contributed by atoms with Crippen molar-refractivity contribution in [2.75, 3.05) is 26.2 Å². The molecule has 0 aromatic heterocycles. The standard InChI is InChI=1S/C21H17F5N2O/c22-17-5-1-15(2-6-17)3-8-20(29)28-11-9-27(10-12-28)14-16-4-7-18(23)13-19(16)21(24,25)26/h1-2,4-7,13H,9-12,14H2. The normalized spacial score (nSPS) is 15.0. The minimum Gasteiger partial charge on any atom is -0.329 e. The molecule has 0 atom stereocenters. The fourth-order valence-corrected chi connectivity index (χ4v) is 3.04. The monoisotopic (exact) mass is 408 g/mol. The number of carbonyl (C=O) groups excluding carboxylic acids is 1. The van der Waals surface area contributed by atoms with Crippen LogP contribution in [0.15, 0.2) is 42.5 Å². The van der Waals surface area contributed by atoms with Gasteiger partial charge in [-0.25, -0.2) is 8.78 Å². The van der Waals surface area contributed by atoms with E-state index in [1.165, 1.54) is 29.2 Å². The molecule has 0 unspecified atom stereocenters. The molecule has 0 spiro atoms. The second-order valence-corrected chi connectivity index (χ2v) is 6.62. The van der Waals surface area contributed by atoms with Crippen molar-refractivity contribution in [3.05, 3.63) is 70.8 Å². The third-order valence-electron chi connectivity index (χ3n) is 4.59. The van der Waals surface area contributed by atoms with Crippen LogP contribution in [-0.4, -0.2) is 41.9 Å². The molecule has 1 heterocycles. The first-order chi connectivity index (χ1) is 13.7. The number of nitrogens with zero attached hydrogens (tertiary/aromatic N) is 2. The molecule has 1 amide bonds. The summed E-state index contributed by atoms with van der Waals surface area (Å²) < 4.78 is 65.5. The molecular formula is C21H17F5N2O. The maximum atomic E-state index is 13.2. The number of alkyl halides is 3. The van der Waals surface area contributed by atoms with Gasteiger partial charge in [0, 0.05) is 44.2 Å². The topological polar surface area (TPSA) is 23.6 Å². The van der Waals surface area contributed by atoms with E-state index < -0.39 is 29.3 Å². The van der Waals surface area contributed by atoms with Gasteiger partial charge in [0.2, 0.25) is 0 Å². The van der Waals surface area contributed by atoms with E-state index in [0.717, 1.165) is 12.1 Å². The van der Waals surface area contributed by atoms with Crippen molar-refractivity contribution in [1.82, 2.24) is 9.80 Å². The van der Waals surface area contributed by atoms with E-state index in [1.54, 1.807) is 4.90 Å². The summed E-state index contributed by atoms with van der Waals surface area (Å²) in [5.74, 6) is 3.43. The number of hydrogen-bond acceptors (Lipinski definition) is 2. The van der Waals surface area contributed by atoms with Gasteiger partial charge in [0.15, 0.2) is 0 Å². The Morgan fingerprint density at radius 3 is 2.17 bits per heavy atom. The Balaban J connectivity index is 1.59. The van der Waals surface area contributed by atoms with Crippen molar-refractivity contribution in [3.8, 4) is 11.8 Å². The second-order valence-electron chi connectivity index (χ2n) is 6.62. The summed E-state index contributed by atoms with van der Waals surface area (Å²) in [4.78, 5) is 15.5. The average molecular weight is 408 g/mol. The molecular weight excluding hydrogens is 391 g/mol. The highest BCUT2D eigenvalue weighted by atomic mass is 19.4. The van der Waals surface area contributed by atoms with Crippen LogP contribution in [0.4, 0.5) is 22.0 Å². The number of rotatable bonds is 2. The van der Waals surface area contributed by atoms with Crippen LogP contribution in [0.2, 0.25) is 0 Å². The molecule has 1 aliphatic heterocycles. The molecule has 1 fully saturated rings. The van der Waals surface area contributed by atoms with E-state index in [-0.39, 0.29) is 12.1 Å². The highest BCUT2D eigenvalue weighted by Gasteiger charge is 2.34. The summed E-state index contributed by atoms with van der Waals surface area (Å²) in [6, 6.07) is 8.08. The van der Waals surface area contributed by atoms with E-state index in [9.17, 15) is 26.7 Å². The predicted octanol–water partition coefficient (Wildman–Crippen LogP) is 3.68. The molecule has 0 N–H and O–H groups in total.